The first-order valence-corrected chi connectivity index (χ1v) is 7.42. The Morgan fingerprint density at radius 2 is 2.06 bits per heavy atom. The third-order valence-corrected chi connectivity index (χ3v) is 4.53. The second kappa shape index (κ2) is 6.14. The van der Waals surface area contributed by atoms with Crippen molar-refractivity contribution in [2.75, 3.05) is 24.6 Å². The predicted octanol–water partition coefficient (Wildman–Crippen LogP) is 2.68. The Bertz CT molecular complexity index is 428. The van der Waals surface area contributed by atoms with Crippen LogP contribution in [0.15, 0.2) is 23.1 Å². The summed E-state index contributed by atoms with van der Waals surface area (Å²) in [6, 6.07) is 5.86. The normalized spacial score (nSPS) is 15.7. The third kappa shape index (κ3) is 3.19. The molecule has 2 N–H and O–H groups in total. The molecule has 4 heteroatoms. The van der Waals surface area contributed by atoms with E-state index in [1.165, 1.54) is 6.42 Å². The van der Waals surface area contributed by atoms with Crippen molar-refractivity contribution in [2.45, 2.75) is 31.1 Å². The van der Waals surface area contributed by atoms with Gasteiger partial charge in [-0.3, -0.25) is 4.79 Å². The van der Waals surface area contributed by atoms with Gasteiger partial charge in [0.25, 0.3) is 0 Å². The molecule has 1 amide bonds. The molecule has 1 saturated heterocycles. The van der Waals surface area contributed by atoms with Crippen LogP contribution in [0.1, 0.15) is 24.8 Å². The summed E-state index contributed by atoms with van der Waals surface area (Å²) in [5, 5.41) is 0. The van der Waals surface area contributed by atoms with Crippen LogP contribution in [0.25, 0.3) is 0 Å². The van der Waals surface area contributed by atoms with Gasteiger partial charge in [-0.1, -0.05) is 6.07 Å². The van der Waals surface area contributed by atoms with E-state index in [1.54, 1.807) is 11.8 Å². The molecule has 0 atom stereocenters. The summed E-state index contributed by atoms with van der Waals surface area (Å²) in [7, 11) is 0. The minimum absolute atomic E-state index is 0.251. The van der Waals surface area contributed by atoms with Gasteiger partial charge in [0, 0.05) is 23.7 Å². The lowest BCUT2D eigenvalue weighted by Crippen LogP contribution is -2.36. The first-order chi connectivity index (χ1) is 8.68. The number of piperidine rings is 1. The smallest absolute Gasteiger partial charge is 0.232 e. The number of benzene rings is 1. The quantitative estimate of drug-likeness (QED) is 0.674. The van der Waals surface area contributed by atoms with Crippen LogP contribution in [0.5, 0.6) is 0 Å². The molecule has 1 heterocycles. The van der Waals surface area contributed by atoms with E-state index >= 15 is 0 Å². The average molecular weight is 264 g/mol. The van der Waals surface area contributed by atoms with Crippen LogP contribution in [0.3, 0.4) is 0 Å². The van der Waals surface area contributed by atoms with Crippen LogP contribution >= 0.6 is 11.8 Å². The highest BCUT2D eigenvalue weighted by molar-refractivity contribution is 8.00. The number of thioether (sulfide) groups is 1. The summed E-state index contributed by atoms with van der Waals surface area (Å²) in [6.45, 7) is 3.85. The molecule has 1 aliphatic rings. The molecule has 0 aliphatic carbocycles. The Morgan fingerprint density at radius 1 is 1.33 bits per heavy atom. The maximum Gasteiger partial charge on any atom is 0.232 e. The van der Waals surface area contributed by atoms with Crippen LogP contribution in [0.4, 0.5) is 5.69 Å². The van der Waals surface area contributed by atoms with Crippen molar-refractivity contribution < 1.29 is 4.79 Å². The molecular weight excluding hydrogens is 244 g/mol. The van der Waals surface area contributed by atoms with Gasteiger partial charge < -0.3 is 10.6 Å². The number of amides is 1. The Balaban J connectivity index is 1.90. The summed E-state index contributed by atoms with van der Waals surface area (Å²) in [5.41, 5.74) is 7.74. The first kappa shape index (κ1) is 13.3. The fourth-order valence-electron chi connectivity index (χ4n) is 2.16. The zero-order chi connectivity index (χ0) is 13.0. The Hall–Kier alpha value is -1.16. The van der Waals surface area contributed by atoms with E-state index in [0.29, 0.717) is 5.75 Å². The van der Waals surface area contributed by atoms with Gasteiger partial charge in [0.05, 0.1) is 5.75 Å². The number of nitrogens with zero attached hydrogens (tertiary/aromatic N) is 1. The number of hydrogen-bond acceptors (Lipinski definition) is 3. The predicted molar refractivity (Wildman–Crippen MR) is 76.7 cm³/mol. The van der Waals surface area contributed by atoms with E-state index in [1.807, 2.05) is 30.0 Å². The molecule has 1 aliphatic heterocycles. The molecule has 0 saturated carbocycles. The summed E-state index contributed by atoms with van der Waals surface area (Å²) in [4.78, 5) is 15.1. The molecule has 0 unspecified atom stereocenters. The van der Waals surface area contributed by atoms with Gasteiger partial charge in [-0.05, 0) is 43.9 Å². The SMILES string of the molecule is Cc1c(N)cccc1SCC(=O)N1CCCCC1. The number of carbonyl (C=O) groups excluding carboxylic acids is 1. The van der Waals surface area contributed by atoms with Crippen molar-refractivity contribution >= 4 is 23.4 Å². The van der Waals surface area contributed by atoms with E-state index in [0.717, 1.165) is 42.1 Å². The number of nitrogen functional groups attached to an aromatic ring is 1. The number of likely N-dealkylation sites (tertiary alicyclic amines) is 1. The van der Waals surface area contributed by atoms with Crippen LogP contribution in [0, 0.1) is 6.92 Å². The number of nitrogens with two attached hydrogens (primary N) is 1. The fourth-order valence-corrected chi connectivity index (χ4v) is 3.13. The van der Waals surface area contributed by atoms with E-state index in [4.69, 9.17) is 5.73 Å². The van der Waals surface area contributed by atoms with Gasteiger partial charge in [0.15, 0.2) is 0 Å². The summed E-state index contributed by atoms with van der Waals surface area (Å²) in [5.74, 6) is 0.770. The van der Waals surface area contributed by atoms with Crippen molar-refractivity contribution in [2.24, 2.45) is 0 Å². The Morgan fingerprint density at radius 3 is 2.78 bits per heavy atom. The number of anilines is 1. The van der Waals surface area contributed by atoms with E-state index in [-0.39, 0.29) is 5.91 Å². The monoisotopic (exact) mass is 264 g/mol. The lowest BCUT2D eigenvalue weighted by Gasteiger charge is -2.26. The van der Waals surface area contributed by atoms with Crippen molar-refractivity contribution in [3.63, 3.8) is 0 Å². The van der Waals surface area contributed by atoms with Crippen molar-refractivity contribution in [3.05, 3.63) is 23.8 Å². The molecule has 18 heavy (non-hydrogen) atoms. The second-order valence-corrected chi connectivity index (χ2v) is 5.72. The molecule has 1 fully saturated rings. The topological polar surface area (TPSA) is 46.3 Å². The largest absolute Gasteiger partial charge is 0.398 e. The minimum Gasteiger partial charge on any atom is -0.398 e. The third-order valence-electron chi connectivity index (χ3n) is 3.39. The van der Waals surface area contributed by atoms with E-state index < -0.39 is 0 Å². The second-order valence-electron chi connectivity index (χ2n) is 4.70. The van der Waals surface area contributed by atoms with Crippen molar-refractivity contribution in [1.82, 2.24) is 4.90 Å². The van der Waals surface area contributed by atoms with Gasteiger partial charge in [0.2, 0.25) is 5.91 Å². The molecule has 1 aromatic rings. The molecule has 0 bridgehead atoms. The van der Waals surface area contributed by atoms with Crippen LogP contribution in [0.2, 0.25) is 0 Å². The van der Waals surface area contributed by atoms with Gasteiger partial charge in [-0.25, -0.2) is 0 Å². The van der Waals surface area contributed by atoms with Gasteiger partial charge in [-0.2, -0.15) is 0 Å². The van der Waals surface area contributed by atoms with Crippen molar-refractivity contribution in [3.8, 4) is 0 Å². The molecular formula is C14H20N2OS. The first-order valence-electron chi connectivity index (χ1n) is 6.44. The fraction of sp³-hybridized carbons (Fsp3) is 0.500. The van der Waals surface area contributed by atoms with Gasteiger partial charge in [0.1, 0.15) is 0 Å². The van der Waals surface area contributed by atoms with Gasteiger partial charge >= 0.3 is 0 Å². The van der Waals surface area contributed by atoms with Crippen LogP contribution in [-0.2, 0) is 4.79 Å². The lowest BCUT2D eigenvalue weighted by molar-refractivity contribution is -0.129. The minimum atomic E-state index is 0.251. The Kier molecular flexibility index (Phi) is 4.53. The highest BCUT2D eigenvalue weighted by Crippen LogP contribution is 2.26. The standard InChI is InChI=1S/C14H20N2OS/c1-11-12(15)6-5-7-13(11)18-10-14(17)16-8-3-2-4-9-16/h5-7H,2-4,8-10,15H2,1H3. The molecule has 3 nitrogen and oxygen atoms in total. The lowest BCUT2D eigenvalue weighted by atomic mass is 10.1. The molecule has 0 radical (unpaired) electrons. The Labute approximate surface area is 113 Å². The summed E-state index contributed by atoms with van der Waals surface area (Å²) in [6.07, 6.45) is 3.55. The maximum atomic E-state index is 12.0. The molecule has 98 valence electrons. The maximum absolute atomic E-state index is 12.0. The number of rotatable bonds is 3. The van der Waals surface area contributed by atoms with Crippen LogP contribution < -0.4 is 5.73 Å². The molecule has 0 spiro atoms. The highest BCUT2D eigenvalue weighted by atomic mass is 32.2. The van der Waals surface area contributed by atoms with Crippen molar-refractivity contribution in [1.29, 1.82) is 0 Å². The zero-order valence-electron chi connectivity index (χ0n) is 10.8. The molecule has 2 rings (SSSR count). The van der Waals surface area contributed by atoms with E-state index in [9.17, 15) is 4.79 Å². The number of carbonyl (C=O) groups is 1. The number of hydrogen-bond donors (Lipinski definition) is 1. The van der Waals surface area contributed by atoms with Crippen LogP contribution in [-0.4, -0.2) is 29.6 Å². The summed E-state index contributed by atoms with van der Waals surface area (Å²) >= 11 is 1.59. The molecule has 0 aromatic heterocycles. The summed E-state index contributed by atoms with van der Waals surface area (Å²) < 4.78 is 0. The highest BCUT2D eigenvalue weighted by Gasteiger charge is 2.16. The molecule has 1 aromatic carbocycles. The average Bonchev–Trinajstić information content (AvgIpc) is 2.41. The van der Waals surface area contributed by atoms with E-state index in [2.05, 4.69) is 0 Å². The zero-order valence-corrected chi connectivity index (χ0v) is 11.6. The van der Waals surface area contributed by atoms with Gasteiger partial charge in [-0.15, -0.1) is 11.8 Å².